The van der Waals surface area contributed by atoms with Gasteiger partial charge in [0.15, 0.2) is 11.4 Å². The maximum Gasteiger partial charge on any atom is 0.293 e. The number of amides is 1. The summed E-state index contributed by atoms with van der Waals surface area (Å²) in [5.74, 6) is 1.22. The van der Waals surface area contributed by atoms with Crippen LogP contribution < -0.4 is 19.8 Å². The zero-order chi connectivity index (χ0) is 48.8. The van der Waals surface area contributed by atoms with Gasteiger partial charge in [-0.3, -0.25) is 24.7 Å². The lowest BCUT2D eigenvalue weighted by Gasteiger charge is -2.58. The largest absolute Gasteiger partial charge is 0.457 e. The van der Waals surface area contributed by atoms with Gasteiger partial charge in [-0.1, -0.05) is 24.3 Å². The van der Waals surface area contributed by atoms with Gasteiger partial charge >= 0.3 is 0 Å². The summed E-state index contributed by atoms with van der Waals surface area (Å²) in [5, 5.41) is 26.5. The maximum absolute atomic E-state index is 13.4. The lowest BCUT2D eigenvalue weighted by molar-refractivity contribution is -0.384. The van der Waals surface area contributed by atoms with Crippen LogP contribution in [-0.4, -0.2) is 116 Å². The first-order chi connectivity index (χ1) is 33.6. The Balaban J connectivity index is 0.738. The number of aliphatic hydroxyl groups is 1. The van der Waals surface area contributed by atoms with Crippen LogP contribution in [0.5, 0.6) is 0 Å². The number of nitro benzene ring substituents is 1. The van der Waals surface area contributed by atoms with Crippen LogP contribution in [0.1, 0.15) is 97.1 Å². The number of nitrogens with zero attached hydrogens (tertiary/aromatic N) is 6. The summed E-state index contributed by atoms with van der Waals surface area (Å²) in [6.45, 7) is 15.0. The predicted molar refractivity (Wildman–Crippen MR) is 270 cm³/mol. The summed E-state index contributed by atoms with van der Waals surface area (Å²) in [4.78, 5) is 39.3. The van der Waals surface area contributed by atoms with E-state index < -0.39 is 32.1 Å². The molecule has 2 aliphatic carbocycles. The van der Waals surface area contributed by atoms with E-state index in [4.69, 9.17) is 14.1 Å². The Kier molecular flexibility index (Phi) is 13.4. The second-order valence-electron chi connectivity index (χ2n) is 20.9. The summed E-state index contributed by atoms with van der Waals surface area (Å²) >= 11 is 0. The number of benzene rings is 3. The summed E-state index contributed by atoms with van der Waals surface area (Å²) in [7, 11) is -4.42. The highest BCUT2D eigenvalue weighted by Gasteiger charge is 2.50. The zero-order valence-corrected chi connectivity index (χ0v) is 41.4. The van der Waals surface area contributed by atoms with Crippen LogP contribution in [0.3, 0.4) is 0 Å². The van der Waals surface area contributed by atoms with E-state index in [0.29, 0.717) is 44.1 Å². The van der Waals surface area contributed by atoms with Crippen molar-refractivity contribution in [1.29, 1.82) is 0 Å². The van der Waals surface area contributed by atoms with Crippen molar-refractivity contribution in [3.05, 3.63) is 117 Å². The number of nitrogens with one attached hydrogen (secondary N) is 2. The third-order valence-electron chi connectivity index (χ3n) is 16.1. The zero-order valence-electron chi connectivity index (χ0n) is 40.6. The van der Waals surface area contributed by atoms with E-state index in [1.165, 1.54) is 41.7 Å². The molecule has 10 rings (SSSR count). The average Bonchev–Trinajstić information content (AvgIpc) is 3.75. The normalized spacial score (nSPS) is 23.6. The molecule has 1 spiro atoms. The van der Waals surface area contributed by atoms with E-state index in [1.807, 2.05) is 26.0 Å². The van der Waals surface area contributed by atoms with Crippen molar-refractivity contribution in [2.75, 3.05) is 80.7 Å². The van der Waals surface area contributed by atoms with Crippen LogP contribution in [0.15, 0.2) is 88.3 Å². The molecule has 0 bridgehead atoms. The van der Waals surface area contributed by atoms with E-state index in [1.54, 1.807) is 12.1 Å². The van der Waals surface area contributed by atoms with Crippen molar-refractivity contribution in [1.82, 2.24) is 19.5 Å². The van der Waals surface area contributed by atoms with Gasteiger partial charge < -0.3 is 29.4 Å². The minimum absolute atomic E-state index is 0.174. The van der Waals surface area contributed by atoms with Gasteiger partial charge in [-0.2, -0.15) is 0 Å². The number of anilines is 3. The van der Waals surface area contributed by atoms with Gasteiger partial charge in [-0.15, -0.1) is 0 Å². The molecule has 1 atom stereocenters. The minimum Gasteiger partial charge on any atom is -0.457 e. The number of carbonyl (C=O) groups is 1. The molecule has 3 aliphatic heterocycles. The van der Waals surface area contributed by atoms with Crippen LogP contribution in [0.2, 0.25) is 0 Å². The van der Waals surface area contributed by atoms with E-state index in [9.17, 15) is 28.4 Å². The molecule has 2 aromatic heterocycles. The summed E-state index contributed by atoms with van der Waals surface area (Å²) in [5.41, 5.74) is 5.36. The van der Waals surface area contributed by atoms with Crippen molar-refractivity contribution in [2.24, 2.45) is 11.3 Å². The number of ether oxygens (including phenoxy) is 1. The highest BCUT2D eigenvalue weighted by atomic mass is 32.2. The quantitative estimate of drug-likeness (QED) is 0.0762. The number of fused-ring (bicyclic) bond motifs is 1. The first-order valence-corrected chi connectivity index (χ1v) is 26.5. The lowest BCUT2D eigenvalue weighted by Crippen LogP contribution is -2.59. The number of aromatic nitrogens is 1. The fourth-order valence-electron chi connectivity index (χ4n) is 11.8. The number of furan rings is 1. The van der Waals surface area contributed by atoms with Crippen molar-refractivity contribution in [2.45, 2.75) is 101 Å². The summed E-state index contributed by atoms with van der Waals surface area (Å²) < 4.78 is 40.7. The van der Waals surface area contributed by atoms with Crippen LogP contribution in [0.4, 0.5) is 22.9 Å². The van der Waals surface area contributed by atoms with Crippen molar-refractivity contribution in [3.8, 4) is 0 Å². The molecular formula is C53H66N8O8S. The van der Waals surface area contributed by atoms with Crippen molar-refractivity contribution < 1.29 is 32.4 Å². The molecule has 5 fully saturated rings. The number of piperidine rings is 1. The summed E-state index contributed by atoms with van der Waals surface area (Å²) in [6.07, 6.45) is 9.44. The molecule has 5 aliphatic rings. The Morgan fingerprint density at radius 3 is 2.36 bits per heavy atom. The Labute approximate surface area is 410 Å². The van der Waals surface area contributed by atoms with Crippen LogP contribution in [0.25, 0.3) is 11.0 Å². The van der Waals surface area contributed by atoms with Gasteiger partial charge in [0.1, 0.15) is 11.4 Å². The number of carbonyl (C=O) groups excluding carboxylic acids is 1. The third-order valence-corrected chi connectivity index (χ3v) is 17.4. The second-order valence-corrected chi connectivity index (χ2v) is 22.6. The van der Waals surface area contributed by atoms with Crippen LogP contribution in [-0.2, 0) is 21.3 Å². The molecule has 5 aromatic rings. The van der Waals surface area contributed by atoms with Gasteiger partial charge in [0.05, 0.1) is 28.6 Å². The molecule has 3 aromatic carbocycles. The lowest BCUT2D eigenvalue weighted by atomic mass is 9.59. The number of aryl methyl sites for hydroxylation is 2. The fourth-order valence-corrected chi connectivity index (χ4v) is 12.8. The molecule has 5 heterocycles. The highest BCUT2D eigenvalue weighted by molar-refractivity contribution is 7.90. The van der Waals surface area contributed by atoms with E-state index in [2.05, 4.69) is 73.1 Å². The highest BCUT2D eigenvalue weighted by Crippen LogP contribution is 2.53. The number of pyridine rings is 1. The van der Waals surface area contributed by atoms with Crippen molar-refractivity contribution in [3.63, 3.8) is 0 Å². The SMILES string of the molecule is Cc1cc2c(CN3CCN(C4CC5(CCN(c6ccc(C(=O)NS(=O)(=O)c7ccc(NCC8CCC(C)(O)CC8)c([N+](=O)[O-])c7)cc6)CC5)C4)[C@H](c4ccccc4C)C3)cnc(N3CCOCC3)c2o1. The molecule has 2 saturated carbocycles. The molecule has 0 radical (unpaired) electrons. The summed E-state index contributed by atoms with van der Waals surface area (Å²) in [6, 6.07) is 22.4. The molecule has 372 valence electrons. The number of nitro groups is 1. The smallest absolute Gasteiger partial charge is 0.293 e. The molecule has 3 saturated heterocycles. The number of hydrogen-bond acceptors (Lipinski definition) is 14. The molecule has 17 heteroatoms. The molecule has 16 nitrogen and oxygen atoms in total. The van der Waals surface area contributed by atoms with E-state index in [-0.39, 0.29) is 28.1 Å². The Morgan fingerprint density at radius 1 is 0.914 bits per heavy atom. The van der Waals surface area contributed by atoms with Crippen LogP contribution in [0, 0.1) is 35.3 Å². The Hall–Kier alpha value is -5.59. The minimum atomic E-state index is -4.42. The van der Waals surface area contributed by atoms with Gasteiger partial charge in [-0.05, 0) is 143 Å². The van der Waals surface area contributed by atoms with Gasteiger partial charge in [0.25, 0.3) is 21.6 Å². The molecule has 0 unspecified atom stereocenters. The van der Waals surface area contributed by atoms with Gasteiger partial charge in [0, 0.05) is 99.9 Å². The molecule has 1 amide bonds. The van der Waals surface area contributed by atoms with E-state index in [0.717, 1.165) is 112 Å². The number of rotatable bonds is 13. The first-order valence-electron chi connectivity index (χ1n) is 25.0. The monoisotopic (exact) mass is 974 g/mol. The number of morpholine rings is 1. The van der Waals surface area contributed by atoms with Gasteiger partial charge in [0.2, 0.25) is 0 Å². The first kappa shape index (κ1) is 48.1. The Morgan fingerprint density at radius 2 is 1.64 bits per heavy atom. The average molecular weight is 975 g/mol. The molecule has 3 N–H and O–H groups in total. The molecular weight excluding hydrogens is 909 g/mol. The maximum atomic E-state index is 13.4. The standard InChI is InChI=1S/C53H66N8O8S/c1-36-6-4-5-7-44(36)48-35-57(34-40-33-55-50(59-24-26-68-27-25-59)49-45(40)28-37(2)69-49)22-23-60(48)42-30-53(31-42)18-20-58(21-19-53)41-10-8-39(9-11-41)51(62)56-70(66,67)43-12-13-46(47(29-43)61(64)65)54-32-38-14-16-52(3,63)17-15-38/h4-13,28-29,33,38,42,48,54,63H,14-27,30-32,34-35H2,1-3H3,(H,56,62)/t38?,48-,52?/m0/s1. The fraction of sp³-hybridized carbons (Fsp3) is 0.509. The number of hydrogen-bond donors (Lipinski definition) is 3. The van der Waals surface area contributed by atoms with Gasteiger partial charge in [-0.25, -0.2) is 18.1 Å². The number of piperazine rings is 1. The topological polar surface area (TPSA) is 187 Å². The predicted octanol–water partition coefficient (Wildman–Crippen LogP) is 7.97. The van der Waals surface area contributed by atoms with E-state index >= 15 is 0 Å². The second kappa shape index (κ2) is 19.5. The third kappa shape index (κ3) is 10.1. The van der Waals surface area contributed by atoms with Crippen LogP contribution >= 0.6 is 0 Å². The van der Waals surface area contributed by atoms with Crippen molar-refractivity contribution >= 4 is 49.8 Å². The number of sulfonamides is 1. The Bertz CT molecular complexity index is 2820. The molecule has 70 heavy (non-hydrogen) atoms.